The van der Waals surface area contributed by atoms with Gasteiger partial charge in [-0.15, -0.1) is 0 Å². The fraction of sp³-hybridized carbons (Fsp3) is 0.286. The molecule has 1 saturated heterocycles. The van der Waals surface area contributed by atoms with Crippen LogP contribution < -0.4 is 0 Å². The van der Waals surface area contributed by atoms with E-state index in [1.807, 2.05) is 0 Å². The summed E-state index contributed by atoms with van der Waals surface area (Å²) < 4.78 is 7.79. The number of fused-ring (bicyclic) bond motifs is 1. The summed E-state index contributed by atoms with van der Waals surface area (Å²) in [6.45, 7) is 6.59. The summed E-state index contributed by atoms with van der Waals surface area (Å²) in [4.78, 5) is 2.30. The molecule has 164 valence electrons. The number of benzene rings is 3. The third-order valence-corrected chi connectivity index (χ3v) is 6.29. The lowest BCUT2D eigenvalue weighted by molar-refractivity contribution is 0.0118. The minimum Gasteiger partial charge on any atom is -0.390 e. The number of aliphatic hydroxyl groups excluding tert-OH is 1. The first-order chi connectivity index (χ1) is 15.7. The zero-order valence-electron chi connectivity index (χ0n) is 18.6. The van der Waals surface area contributed by atoms with Gasteiger partial charge < -0.3 is 14.4 Å². The average molecular weight is 427 g/mol. The van der Waals surface area contributed by atoms with E-state index in [9.17, 15) is 5.11 Å². The molecule has 1 aromatic heterocycles. The van der Waals surface area contributed by atoms with Crippen molar-refractivity contribution in [2.75, 3.05) is 32.8 Å². The Morgan fingerprint density at radius 1 is 0.844 bits per heavy atom. The molecule has 1 N–H and O–H groups in total. The highest BCUT2D eigenvalue weighted by atomic mass is 16.5. The molecule has 1 aliphatic heterocycles. The van der Waals surface area contributed by atoms with Crippen molar-refractivity contribution in [3.05, 3.63) is 84.4 Å². The lowest BCUT2D eigenvalue weighted by Gasteiger charge is -2.29. The van der Waals surface area contributed by atoms with Crippen molar-refractivity contribution in [3.8, 4) is 22.4 Å². The number of hydrogen-bond acceptors (Lipinski definition) is 3. The first-order valence-corrected chi connectivity index (χ1v) is 11.4. The second-order valence-electron chi connectivity index (χ2n) is 8.65. The Morgan fingerprint density at radius 3 is 2.19 bits per heavy atom. The minimum atomic E-state index is -0.462. The Labute approximate surface area is 189 Å². The van der Waals surface area contributed by atoms with Crippen LogP contribution in [0.4, 0.5) is 0 Å². The maximum atomic E-state index is 11.1. The zero-order valence-corrected chi connectivity index (χ0v) is 18.6. The normalized spacial score (nSPS) is 15.8. The highest BCUT2D eigenvalue weighted by Gasteiger charge is 2.23. The summed E-state index contributed by atoms with van der Waals surface area (Å²) >= 11 is 0. The Kier molecular flexibility index (Phi) is 6.08. The molecule has 1 aliphatic rings. The number of aliphatic hydroxyl groups is 1. The highest BCUT2D eigenvalue weighted by Crippen LogP contribution is 2.41. The van der Waals surface area contributed by atoms with Crippen molar-refractivity contribution in [1.82, 2.24) is 9.47 Å². The summed E-state index contributed by atoms with van der Waals surface area (Å²) in [5, 5.41) is 12.3. The number of rotatable bonds is 6. The van der Waals surface area contributed by atoms with Crippen LogP contribution in [0.5, 0.6) is 0 Å². The Hall–Kier alpha value is -2.92. The molecule has 0 unspecified atom stereocenters. The van der Waals surface area contributed by atoms with Crippen molar-refractivity contribution in [2.24, 2.45) is 0 Å². The third-order valence-electron chi connectivity index (χ3n) is 6.29. The molecular formula is C28H30N2O2. The molecule has 2 heterocycles. The molecule has 0 amide bonds. The van der Waals surface area contributed by atoms with Crippen LogP contribution in [0.1, 0.15) is 5.56 Å². The fourth-order valence-corrected chi connectivity index (χ4v) is 4.80. The predicted molar refractivity (Wildman–Crippen MR) is 131 cm³/mol. The van der Waals surface area contributed by atoms with Gasteiger partial charge >= 0.3 is 0 Å². The van der Waals surface area contributed by atoms with Crippen LogP contribution in [0.3, 0.4) is 0 Å². The number of aryl methyl sites for hydroxylation is 1. The number of nitrogens with zero attached hydrogens (tertiary/aromatic N) is 2. The van der Waals surface area contributed by atoms with E-state index in [0.29, 0.717) is 13.1 Å². The molecule has 32 heavy (non-hydrogen) atoms. The molecule has 5 rings (SSSR count). The molecule has 4 aromatic rings. The fourth-order valence-electron chi connectivity index (χ4n) is 4.80. The van der Waals surface area contributed by atoms with Crippen LogP contribution in [-0.2, 0) is 11.3 Å². The van der Waals surface area contributed by atoms with Gasteiger partial charge in [0.25, 0.3) is 0 Å². The van der Waals surface area contributed by atoms with E-state index in [1.54, 1.807) is 0 Å². The van der Waals surface area contributed by atoms with Crippen LogP contribution in [0, 0.1) is 6.92 Å². The molecule has 0 aliphatic carbocycles. The van der Waals surface area contributed by atoms with Crippen molar-refractivity contribution in [2.45, 2.75) is 19.6 Å². The smallest absolute Gasteiger partial charge is 0.0846 e. The summed E-state index contributed by atoms with van der Waals surface area (Å²) in [6.07, 6.45) is -0.462. The molecule has 3 aromatic carbocycles. The largest absolute Gasteiger partial charge is 0.390 e. The monoisotopic (exact) mass is 426 g/mol. The van der Waals surface area contributed by atoms with E-state index < -0.39 is 6.10 Å². The average Bonchev–Trinajstić information content (AvgIpc) is 3.13. The number of morpholine rings is 1. The predicted octanol–water partition coefficient (Wildman–Crippen LogP) is 4.98. The minimum absolute atomic E-state index is 0.462. The van der Waals surface area contributed by atoms with Crippen LogP contribution in [0.15, 0.2) is 78.9 Å². The van der Waals surface area contributed by atoms with Gasteiger partial charge in [-0.25, -0.2) is 0 Å². The topological polar surface area (TPSA) is 37.6 Å². The van der Waals surface area contributed by atoms with Crippen LogP contribution in [0.25, 0.3) is 33.3 Å². The molecule has 1 atom stereocenters. The quantitative estimate of drug-likeness (QED) is 0.473. The van der Waals surface area contributed by atoms with Crippen molar-refractivity contribution in [1.29, 1.82) is 0 Å². The SMILES string of the molecule is Cc1ccc2c(c1)c(-c1ccccc1)c(-c1ccccc1)n2C[C@H](O)CN1CCOCC1. The molecule has 0 radical (unpaired) electrons. The van der Waals surface area contributed by atoms with E-state index >= 15 is 0 Å². The molecule has 0 bridgehead atoms. The molecule has 1 fully saturated rings. The molecule has 4 nitrogen and oxygen atoms in total. The Bertz CT molecular complexity index is 1180. The van der Waals surface area contributed by atoms with Crippen molar-refractivity contribution >= 4 is 10.9 Å². The van der Waals surface area contributed by atoms with E-state index in [2.05, 4.69) is 95.3 Å². The van der Waals surface area contributed by atoms with Crippen molar-refractivity contribution < 1.29 is 9.84 Å². The second-order valence-corrected chi connectivity index (χ2v) is 8.65. The third kappa shape index (κ3) is 4.22. The van der Waals surface area contributed by atoms with Gasteiger partial charge in [0.1, 0.15) is 0 Å². The summed E-state index contributed by atoms with van der Waals surface area (Å²) in [6, 6.07) is 27.8. The zero-order chi connectivity index (χ0) is 21.9. The number of hydrogen-bond donors (Lipinski definition) is 1. The van der Waals surface area contributed by atoms with Gasteiger partial charge in [0.2, 0.25) is 0 Å². The van der Waals surface area contributed by atoms with Gasteiger partial charge in [-0.1, -0.05) is 72.3 Å². The van der Waals surface area contributed by atoms with E-state index in [0.717, 1.165) is 31.8 Å². The van der Waals surface area contributed by atoms with Crippen LogP contribution in [-0.4, -0.2) is 53.5 Å². The number of aromatic nitrogens is 1. The summed E-state index contributed by atoms with van der Waals surface area (Å²) in [7, 11) is 0. The van der Waals surface area contributed by atoms with Gasteiger partial charge in [0, 0.05) is 36.1 Å². The van der Waals surface area contributed by atoms with Crippen LogP contribution in [0.2, 0.25) is 0 Å². The van der Waals surface area contributed by atoms with Crippen molar-refractivity contribution in [3.63, 3.8) is 0 Å². The lowest BCUT2D eigenvalue weighted by atomic mass is 9.98. The second kappa shape index (κ2) is 9.29. The van der Waals surface area contributed by atoms with E-state index in [4.69, 9.17) is 4.74 Å². The highest BCUT2D eigenvalue weighted by molar-refractivity contribution is 6.04. The number of β-amino-alcohol motifs (C(OH)–C–C–N with tert-alkyl or cyclic N) is 1. The number of ether oxygens (including phenoxy) is 1. The summed E-state index contributed by atoms with van der Waals surface area (Å²) in [5.74, 6) is 0. The van der Waals surface area contributed by atoms with Gasteiger partial charge in [0.05, 0.1) is 31.6 Å². The van der Waals surface area contributed by atoms with E-state index in [1.165, 1.54) is 33.3 Å². The first-order valence-electron chi connectivity index (χ1n) is 11.4. The summed E-state index contributed by atoms with van der Waals surface area (Å²) in [5.41, 5.74) is 7.16. The Morgan fingerprint density at radius 2 is 1.50 bits per heavy atom. The van der Waals surface area contributed by atoms with Crippen LogP contribution >= 0.6 is 0 Å². The molecule has 0 spiro atoms. The molecule has 0 saturated carbocycles. The van der Waals surface area contributed by atoms with E-state index in [-0.39, 0.29) is 0 Å². The maximum Gasteiger partial charge on any atom is 0.0846 e. The molecule has 4 heteroatoms. The molecular weight excluding hydrogens is 396 g/mol. The standard InChI is InChI=1S/C28H30N2O2/c1-21-12-13-26-25(18-21)27(22-8-4-2-5-9-22)28(23-10-6-3-7-11-23)30(26)20-24(31)19-29-14-16-32-17-15-29/h2-13,18,24,31H,14-17,19-20H2,1H3/t24-/m1/s1. The van der Waals surface area contributed by atoms with Gasteiger partial charge in [0.15, 0.2) is 0 Å². The first kappa shape index (κ1) is 21.0. The van der Waals surface area contributed by atoms with Gasteiger partial charge in [-0.3, -0.25) is 4.90 Å². The van der Waals surface area contributed by atoms with Gasteiger partial charge in [-0.05, 0) is 30.2 Å². The van der Waals surface area contributed by atoms with Gasteiger partial charge in [-0.2, -0.15) is 0 Å². The lowest BCUT2D eigenvalue weighted by Crippen LogP contribution is -2.42. The Balaban J connectivity index is 1.66. The maximum absolute atomic E-state index is 11.1.